The Morgan fingerprint density at radius 1 is 1.00 bits per heavy atom. The maximum absolute atomic E-state index is 12.2. The number of anilines is 1. The Hall–Kier alpha value is -3.19. The molecular formula is C22H22N2O4S. The zero-order valence-electron chi connectivity index (χ0n) is 16.5. The number of benzene rings is 2. The number of thiazole rings is 1. The van der Waals surface area contributed by atoms with Gasteiger partial charge in [-0.1, -0.05) is 29.8 Å². The van der Waals surface area contributed by atoms with E-state index in [0.29, 0.717) is 22.2 Å². The van der Waals surface area contributed by atoms with Crippen molar-refractivity contribution in [2.45, 2.75) is 19.8 Å². The summed E-state index contributed by atoms with van der Waals surface area (Å²) >= 11 is 1.33. The largest absolute Gasteiger partial charge is 0.493 e. The van der Waals surface area contributed by atoms with Crippen LogP contribution in [0.1, 0.15) is 28.8 Å². The number of hydrogen-bond donors (Lipinski definition) is 1. The molecule has 1 heterocycles. The molecule has 0 aliphatic heterocycles. The third-order valence-corrected chi connectivity index (χ3v) is 5.14. The van der Waals surface area contributed by atoms with Gasteiger partial charge in [-0.25, -0.2) is 4.98 Å². The summed E-state index contributed by atoms with van der Waals surface area (Å²) in [6.45, 7) is 1.96. The third kappa shape index (κ3) is 5.20. The number of carbonyl (C=O) groups is 2. The van der Waals surface area contributed by atoms with Crippen LogP contribution in [0.15, 0.2) is 47.8 Å². The second-order valence-corrected chi connectivity index (χ2v) is 7.30. The lowest BCUT2D eigenvalue weighted by Crippen LogP contribution is -2.13. The van der Waals surface area contributed by atoms with Gasteiger partial charge in [0, 0.05) is 29.3 Å². The Morgan fingerprint density at radius 3 is 2.41 bits per heavy atom. The van der Waals surface area contributed by atoms with Crippen molar-refractivity contribution >= 4 is 28.2 Å². The van der Waals surface area contributed by atoms with Crippen LogP contribution in [-0.4, -0.2) is 30.9 Å². The van der Waals surface area contributed by atoms with E-state index in [-0.39, 0.29) is 24.5 Å². The minimum atomic E-state index is -0.237. The number of ketones is 1. The van der Waals surface area contributed by atoms with Gasteiger partial charge in [-0.05, 0) is 25.1 Å². The van der Waals surface area contributed by atoms with Crippen LogP contribution >= 0.6 is 11.3 Å². The average molecular weight is 410 g/mol. The second-order valence-electron chi connectivity index (χ2n) is 6.45. The summed E-state index contributed by atoms with van der Waals surface area (Å²) < 4.78 is 10.6. The standard InChI is InChI=1S/C22H22N2O4S/c1-14-4-6-15(7-5-14)18(25)9-11-21(26)24-22-23-17(13-29-22)16-8-10-19(27-2)20(12-16)28-3/h4-8,10,12-13H,9,11H2,1-3H3,(H,23,24,26). The molecule has 0 bridgehead atoms. The number of amides is 1. The van der Waals surface area contributed by atoms with Crippen LogP contribution < -0.4 is 14.8 Å². The van der Waals surface area contributed by atoms with Crippen molar-refractivity contribution in [2.24, 2.45) is 0 Å². The molecule has 0 aliphatic rings. The van der Waals surface area contributed by atoms with E-state index >= 15 is 0 Å². The zero-order chi connectivity index (χ0) is 20.8. The normalized spacial score (nSPS) is 10.4. The maximum Gasteiger partial charge on any atom is 0.226 e. The molecule has 150 valence electrons. The van der Waals surface area contributed by atoms with Crippen molar-refractivity contribution in [1.82, 2.24) is 4.98 Å². The molecule has 0 saturated carbocycles. The number of rotatable bonds is 8. The predicted octanol–water partition coefficient (Wildman–Crippen LogP) is 4.74. The fraction of sp³-hybridized carbons (Fsp3) is 0.227. The van der Waals surface area contributed by atoms with Crippen LogP contribution in [0.25, 0.3) is 11.3 Å². The lowest BCUT2D eigenvalue weighted by atomic mass is 10.1. The third-order valence-electron chi connectivity index (χ3n) is 4.38. The van der Waals surface area contributed by atoms with Crippen molar-refractivity contribution in [1.29, 1.82) is 0 Å². The Balaban J connectivity index is 1.59. The molecule has 2 aromatic carbocycles. The van der Waals surface area contributed by atoms with Crippen LogP contribution in [0.3, 0.4) is 0 Å². The van der Waals surface area contributed by atoms with Gasteiger partial charge in [0.2, 0.25) is 5.91 Å². The lowest BCUT2D eigenvalue weighted by Gasteiger charge is -2.08. The molecule has 3 rings (SSSR count). The molecule has 1 aromatic heterocycles. The van der Waals surface area contributed by atoms with Crippen molar-refractivity contribution in [3.63, 3.8) is 0 Å². The van der Waals surface area contributed by atoms with Gasteiger partial charge < -0.3 is 14.8 Å². The van der Waals surface area contributed by atoms with Gasteiger partial charge in [0.1, 0.15) is 0 Å². The minimum absolute atomic E-state index is 0.0506. The first-order valence-corrected chi connectivity index (χ1v) is 9.95. The summed E-state index contributed by atoms with van der Waals surface area (Å²) in [4.78, 5) is 28.9. The number of nitrogens with zero attached hydrogens (tertiary/aromatic N) is 1. The molecule has 0 aliphatic carbocycles. The van der Waals surface area contributed by atoms with Gasteiger partial charge in [0.25, 0.3) is 0 Å². The summed E-state index contributed by atoms with van der Waals surface area (Å²) in [6.07, 6.45) is 0.265. The number of ether oxygens (including phenoxy) is 2. The first-order valence-electron chi connectivity index (χ1n) is 9.08. The number of methoxy groups -OCH3 is 2. The molecule has 0 unspecified atom stereocenters. The minimum Gasteiger partial charge on any atom is -0.493 e. The van der Waals surface area contributed by atoms with Gasteiger partial charge in [0.05, 0.1) is 19.9 Å². The highest BCUT2D eigenvalue weighted by Crippen LogP contribution is 2.33. The Labute approximate surface area is 173 Å². The highest BCUT2D eigenvalue weighted by molar-refractivity contribution is 7.14. The van der Waals surface area contributed by atoms with Gasteiger partial charge in [-0.15, -0.1) is 11.3 Å². The van der Waals surface area contributed by atoms with Crippen LogP contribution in [0.4, 0.5) is 5.13 Å². The fourth-order valence-corrected chi connectivity index (χ4v) is 3.49. The molecule has 1 N–H and O–H groups in total. The average Bonchev–Trinajstić information content (AvgIpc) is 3.20. The molecule has 3 aromatic rings. The highest BCUT2D eigenvalue weighted by atomic mass is 32.1. The lowest BCUT2D eigenvalue weighted by molar-refractivity contribution is -0.116. The number of Topliss-reactive ketones (excluding diaryl/α,β-unsaturated/α-hetero) is 1. The molecule has 0 atom stereocenters. The van der Waals surface area contributed by atoms with Gasteiger partial charge >= 0.3 is 0 Å². The van der Waals surface area contributed by atoms with E-state index in [1.807, 2.05) is 42.6 Å². The van der Waals surface area contributed by atoms with E-state index < -0.39 is 0 Å². The first kappa shape index (κ1) is 20.5. The van der Waals surface area contributed by atoms with Crippen molar-refractivity contribution < 1.29 is 19.1 Å². The molecule has 7 heteroatoms. The van der Waals surface area contributed by atoms with Crippen molar-refractivity contribution in [3.8, 4) is 22.8 Å². The molecule has 29 heavy (non-hydrogen) atoms. The van der Waals surface area contributed by atoms with Crippen LogP contribution in [-0.2, 0) is 4.79 Å². The van der Waals surface area contributed by atoms with E-state index in [2.05, 4.69) is 10.3 Å². The van der Waals surface area contributed by atoms with Crippen LogP contribution in [0.5, 0.6) is 11.5 Å². The molecule has 6 nitrogen and oxygen atoms in total. The van der Waals surface area contributed by atoms with Crippen molar-refractivity contribution in [3.05, 3.63) is 59.0 Å². The number of nitrogens with one attached hydrogen (secondary N) is 1. The number of aryl methyl sites for hydroxylation is 1. The predicted molar refractivity (Wildman–Crippen MR) is 114 cm³/mol. The summed E-state index contributed by atoms with van der Waals surface area (Å²) in [5.41, 5.74) is 3.29. The van der Waals surface area contributed by atoms with E-state index in [1.165, 1.54) is 11.3 Å². The van der Waals surface area contributed by atoms with Crippen molar-refractivity contribution in [2.75, 3.05) is 19.5 Å². The summed E-state index contributed by atoms with van der Waals surface area (Å²) in [5, 5.41) is 5.10. The Bertz CT molecular complexity index is 1010. The summed E-state index contributed by atoms with van der Waals surface area (Å²) in [6, 6.07) is 12.9. The molecule has 0 spiro atoms. The Morgan fingerprint density at radius 2 is 1.72 bits per heavy atom. The Kier molecular flexibility index (Phi) is 6.61. The van der Waals surface area contributed by atoms with E-state index in [0.717, 1.165) is 16.8 Å². The van der Waals surface area contributed by atoms with Crippen LogP contribution in [0.2, 0.25) is 0 Å². The topological polar surface area (TPSA) is 77.5 Å². The summed E-state index contributed by atoms with van der Waals surface area (Å²) in [7, 11) is 3.16. The number of hydrogen-bond acceptors (Lipinski definition) is 6. The first-order chi connectivity index (χ1) is 14.0. The summed E-state index contributed by atoms with van der Waals surface area (Å²) in [5.74, 6) is 0.959. The highest BCUT2D eigenvalue weighted by Gasteiger charge is 2.13. The van der Waals surface area contributed by atoms with Gasteiger partial charge in [0.15, 0.2) is 22.4 Å². The van der Waals surface area contributed by atoms with Crippen LogP contribution in [0, 0.1) is 6.92 Å². The quantitative estimate of drug-likeness (QED) is 0.543. The SMILES string of the molecule is COc1ccc(-c2csc(NC(=O)CCC(=O)c3ccc(C)cc3)n2)cc1OC. The molecule has 0 fully saturated rings. The number of carbonyl (C=O) groups excluding carboxylic acids is 2. The fourth-order valence-electron chi connectivity index (χ4n) is 2.75. The molecule has 1 amide bonds. The van der Waals surface area contributed by atoms with E-state index in [4.69, 9.17) is 9.47 Å². The second kappa shape index (κ2) is 9.34. The molecule has 0 radical (unpaired) electrons. The molecule has 0 saturated heterocycles. The smallest absolute Gasteiger partial charge is 0.226 e. The van der Waals surface area contributed by atoms with Gasteiger partial charge in [-0.3, -0.25) is 9.59 Å². The van der Waals surface area contributed by atoms with E-state index in [1.54, 1.807) is 26.4 Å². The van der Waals surface area contributed by atoms with Gasteiger partial charge in [-0.2, -0.15) is 0 Å². The monoisotopic (exact) mass is 410 g/mol. The zero-order valence-corrected chi connectivity index (χ0v) is 17.3. The maximum atomic E-state index is 12.2. The molecular weight excluding hydrogens is 388 g/mol. The van der Waals surface area contributed by atoms with E-state index in [9.17, 15) is 9.59 Å². The number of aromatic nitrogens is 1.